The van der Waals surface area contributed by atoms with E-state index in [9.17, 15) is 9.59 Å². The van der Waals surface area contributed by atoms with Crippen LogP contribution in [0.3, 0.4) is 0 Å². The van der Waals surface area contributed by atoms with Gasteiger partial charge in [-0.1, -0.05) is 41.0 Å². The molecule has 0 aliphatic heterocycles. The number of halogens is 1. The van der Waals surface area contributed by atoms with Crippen LogP contribution in [0.4, 0.5) is 0 Å². The average molecular weight is 542 g/mol. The van der Waals surface area contributed by atoms with Crippen molar-refractivity contribution in [2.75, 3.05) is 20.6 Å². The van der Waals surface area contributed by atoms with E-state index >= 15 is 0 Å². The Bertz CT molecular complexity index is 1180. The maximum atomic E-state index is 12.5. The van der Waals surface area contributed by atoms with Crippen LogP contribution in [0.25, 0.3) is 17.0 Å². The summed E-state index contributed by atoms with van der Waals surface area (Å²) in [5.74, 6) is 0.723. The van der Waals surface area contributed by atoms with Gasteiger partial charge in [0.2, 0.25) is 17.6 Å². The number of hydrogen-bond acceptors (Lipinski definition) is 7. The van der Waals surface area contributed by atoms with Crippen molar-refractivity contribution in [2.45, 2.75) is 47.7 Å². The van der Waals surface area contributed by atoms with Gasteiger partial charge in [0.1, 0.15) is 0 Å². The molecule has 0 fully saturated rings. The van der Waals surface area contributed by atoms with Crippen LogP contribution in [0.15, 0.2) is 71.3 Å². The van der Waals surface area contributed by atoms with E-state index in [4.69, 9.17) is 16.1 Å². The van der Waals surface area contributed by atoms with Crippen LogP contribution in [0.5, 0.6) is 0 Å². The maximum Gasteiger partial charge on any atom is 0.236 e. The summed E-state index contributed by atoms with van der Waals surface area (Å²) in [7, 11) is 3.41. The number of likely N-dealkylation sites (N-methyl/N-ethyl adjacent to an activating group) is 1. The molecule has 0 saturated carbocycles. The molecule has 38 heavy (non-hydrogen) atoms. The lowest BCUT2D eigenvalue weighted by atomic mass is 9.97. The van der Waals surface area contributed by atoms with E-state index in [1.165, 1.54) is 11.8 Å². The Kier molecular flexibility index (Phi) is 16.1. The fraction of sp³-hybridized carbons (Fsp3) is 0.345. The number of aliphatic imine (C=N–C) groups is 1. The maximum absolute atomic E-state index is 12.5. The van der Waals surface area contributed by atoms with E-state index in [1.54, 1.807) is 51.4 Å². The Morgan fingerprint density at radius 3 is 2.29 bits per heavy atom. The van der Waals surface area contributed by atoms with E-state index < -0.39 is 0 Å². The SMILES string of the molecule is C/C=C(/C=C(\C(C)=O)c1ccc(-c2noc(C)n2)cc1Cl)C(\C)=N/C(C)NCC(=O)N(C)C.C=C.C=CC. The first-order valence-corrected chi connectivity index (χ1v) is 12.4. The number of amides is 1. The van der Waals surface area contributed by atoms with E-state index in [1.807, 2.05) is 33.8 Å². The van der Waals surface area contributed by atoms with Gasteiger partial charge in [-0.2, -0.15) is 4.98 Å². The molecule has 0 aliphatic rings. The predicted molar refractivity (Wildman–Crippen MR) is 158 cm³/mol. The minimum absolute atomic E-state index is 0.0335. The number of Topliss-reactive ketones (excluding diaryl/α,β-unsaturated/α-hetero) is 1. The molecular formula is C29H40ClN5O3. The zero-order valence-electron chi connectivity index (χ0n) is 23.8. The molecule has 1 N–H and O–H groups in total. The van der Waals surface area contributed by atoms with Gasteiger partial charge in [-0.15, -0.1) is 19.7 Å². The molecule has 2 aromatic rings. The Balaban J connectivity index is 0.00000255. The summed E-state index contributed by atoms with van der Waals surface area (Å²) >= 11 is 6.54. The lowest BCUT2D eigenvalue weighted by molar-refractivity contribution is -0.127. The molecular weight excluding hydrogens is 502 g/mol. The molecule has 1 unspecified atom stereocenters. The van der Waals surface area contributed by atoms with Crippen molar-refractivity contribution < 1.29 is 14.1 Å². The zero-order valence-corrected chi connectivity index (χ0v) is 24.5. The number of allylic oxidation sites excluding steroid dienone is 5. The Morgan fingerprint density at radius 1 is 1.24 bits per heavy atom. The van der Waals surface area contributed by atoms with Crippen molar-refractivity contribution in [2.24, 2.45) is 4.99 Å². The molecule has 9 heteroatoms. The minimum atomic E-state index is -0.278. The molecule has 0 bridgehead atoms. The monoisotopic (exact) mass is 541 g/mol. The van der Waals surface area contributed by atoms with Gasteiger partial charge in [0, 0.05) is 48.5 Å². The number of nitrogens with zero attached hydrogens (tertiary/aromatic N) is 4. The van der Waals surface area contributed by atoms with Gasteiger partial charge < -0.3 is 9.42 Å². The number of nitrogens with one attached hydrogen (secondary N) is 1. The molecule has 1 atom stereocenters. The van der Waals surface area contributed by atoms with Gasteiger partial charge in [0.05, 0.1) is 12.7 Å². The number of carbonyl (C=O) groups is 2. The third kappa shape index (κ3) is 11.2. The molecule has 1 aromatic heterocycles. The van der Waals surface area contributed by atoms with Gasteiger partial charge in [-0.05, 0) is 52.3 Å². The van der Waals surface area contributed by atoms with Crippen LogP contribution in [-0.4, -0.2) is 59.2 Å². The molecule has 206 valence electrons. The highest BCUT2D eigenvalue weighted by atomic mass is 35.5. The van der Waals surface area contributed by atoms with Crippen molar-refractivity contribution in [1.82, 2.24) is 20.4 Å². The minimum Gasteiger partial charge on any atom is -0.348 e. The van der Waals surface area contributed by atoms with Crippen molar-refractivity contribution in [3.05, 3.63) is 78.2 Å². The van der Waals surface area contributed by atoms with Crippen LogP contribution < -0.4 is 5.32 Å². The molecule has 0 aliphatic carbocycles. The second-order valence-corrected chi connectivity index (χ2v) is 8.56. The summed E-state index contributed by atoms with van der Waals surface area (Å²) in [5.41, 5.74) is 3.26. The molecule has 2 rings (SSSR count). The van der Waals surface area contributed by atoms with Crippen LogP contribution in [0, 0.1) is 6.92 Å². The van der Waals surface area contributed by atoms with Gasteiger partial charge in [0.15, 0.2) is 5.78 Å². The molecule has 0 radical (unpaired) electrons. The summed E-state index contributed by atoms with van der Waals surface area (Å²) in [6.07, 6.45) is 5.13. The van der Waals surface area contributed by atoms with Crippen LogP contribution in [-0.2, 0) is 9.59 Å². The average Bonchev–Trinajstić information content (AvgIpc) is 3.31. The highest BCUT2D eigenvalue weighted by molar-refractivity contribution is 6.35. The van der Waals surface area contributed by atoms with E-state index in [-0.39, 0.29) is 24.4 Å². The highest BCUT2D eigenvalue weighted by Crippen LogP contribution is 2.30. The summed E-state index contributed by atoms with van der Waals surface area (Å²) in [6, 6.07) is 5.28. The molecule has 1 heterocycles. The molecule has 8 nitrogen and oxygen atoms in total. The Labute approximate surface area is 231 Å². The van der Waals surface area contributed by atoms with E-state index in [0.29, 0.717) is 33.4 Å². The smallest absolute Gasteiger partial charge is 0.236 e. The van der Waals surface area contributed by atoms with Gasteiger partial charge >= 0.3 is 0 Å². The van der Waals surface area contributed by atoms with Crippen molar-refractivity contribution in [1.29, 1.82) is 0 Å². The summed E-state index contributed by atoms with van der Waals surface area (Å²) < 4.78 is 5.03. The Hall–Kier alpha value is -3.62. The highest BCUT2D eigenvalue weighted by Gasteiger charge is 2.16. The second kappa shape index (κ2) is 17.8. The third-order valence-corrected chi connectivity index (χ3v) is 5.20. The number of rotatable bonds is 9. The third-order valence-electron chi connectivity index (χ3n) is 4.89. The number of aromatic nitrogens is 2. The fourth-order valence-corrected chi connectivity index (χ4v) is 3.30. The largest absolute Gasteiger partial charge is 0.348 e. The normalized spacial score (nSPS) is 12.4. The van der Waals surface area contributed by atoms with Crippen LogP contribution in [0.1, 0.15) is 46.1 Å². The Morgan fingerprint density at radius 2 is 1.84 bits per heavy atom. The van der Waals surface area contributed by atoms with Crippen LogP contribution in [0.2, 0.25) is 5.02 Å². The lowest BCUT2D eigenvalue weighted by Gasteiger charge is -2.15. The number of ketones is 1. The van der Waals surface area contributed by atoms with E-state index in [0.717, 1.165) is 11.3 Å². The standard InChI is InChI=1S/C24H30ClN5O3.C3H6.C2H4/c1-8-18(14(2)27-16(4)26-13-23(32)30(6)7)11-21(15(3)31)20-10-9-19(12-22(20)25)24-28-17(5)33-29-24;1-3-2;1-2/h8-12,16,26H,13H2,1-7H3;3H,1H2,2H3;1-2H2/b18-8-,21-11+,27-14-;;. The number of hydrogen-bond donors (Lipinski definition) is 1. The van der Waals surface area contributed by atoms with Crippen molar-refractivity contribution in [3.8, 4) is 11.4 Å². The summed E-state index contributed by atoms with van der Waals surface area (Å²) in [5, 5.41) is 7.39. The molecule has 1 amide bonds. The second-order valence-electron chi connectivity index (χ2n) is 8.16. The molecule has 0 spiro atoms. The molecule has 0 saturated heterocycles. The lowest BCUT2D eigenvalue weighted by Crippen LogP contribution is -2.37. The molecule has 1 aromatic carbocycles. The number of benzene rings is 1. The van der Waals surface area contributed by atoms with Crippen molar-refractivity contribution in [3.63, 3.8) is 0 Å². The summed E-state index contributed by atoms with van der Waals surface area (Å²) in [4.78, 5) is 34.6. The quantitative estimate of drug-likeness (QED) is 0.178. The zero-order chi connectivity index (χ0) is 29.4. The van der Waals surface area contributed by atoms with Crippen molar-refractivity contribution >= 4 is 34.6 Å². The topological polar surface area (TPSA) is 101 Å². The predicted octanol–water partition coefficient (Wildman–Crippen LogP) is 6.10. The first-order chi connectivity index (χ1) is 17.9. The number of aryl methyl sites for hydroxylation is 1. The summed E-state index contributed by atoms with van der Waals surface area (Å²) in [6.45, 7) is 20.2. The van der Waals surface area contributed by atoms with Gasteiger partial charge in [0.25, 0.3) is 0 Å². The first-order valence-electron chi connectivity index (χ1n) is 12.0. The van der Waals surface area contributed by atoms with Gasteiger partial charge in [-0.25, -0.2) is 0 Å². The van der Waals surface area contributed by atoms with Gasteiger partial charge in [-0.3, -0.25) is 19.9 Å². The van der Waals surface area contributed by atoms with E-state index in [2.05, 4.69) is 40.2 Å². The fourth-order valence-electron chi connectivity index (χ4n) is 3.01. The van der Waals surface area contributed by atoms with Crippen LogP contribution >= 0.6 is 11.6 Å². The number of carbonyl (C=O) groups excluding carboxylic acids is 2. The first kappa shape index (κ1) is 34.4.